The Labute approximate surface area is 196 Å². The molecule has 0 aromatic heterocycles. The molecule has 1 fully saturated rings. The Morgan fingerprint density at radius 2 is 1.24 bits per heavy atom. The Kier molecular flexibility index (Phi) is 7.31. The van der Waals surface area contributed by atoms with Crippen molar-refractivity contribution >= 4 is 17.8 Å². The monoisotopic (exact) mass is 461 g/mol. The fourth-order valence-electron chi connectivity index (χ4n) is 3.49. The van der Waals surface area contributed by atoms with Crippen LogP contribution in [0.4, 0.5) is 0 Å². The quantitative estimate of drug-likeness (QED) is 0.315. The number of ether oxygens (including phenoxy) is 4. The van der Waals surface area contributed by atoms with Gasteiger partial charge in [-0.15, -0.1) is 0 Å². The van der Waals surface area contributed by atoms with Crippen molar-refractivity contribution in [2.45, 2.75) is 24.6 Å². The lowest BCUT2D eigenvalue weighted by atomic mass is 10.1. The Hall–Kier alpha value is -4.01. The Morgan fingerprint density at radius 1 is 0.735 bits per heavy atom. The van der Waals surface area contributed by atoms with Crippen molar-refractivity contribution in [1.82, 2.24) is 0 Å². The Balaban J connectivity index is 1.51. The van der Waals surface area contributed by atoms with E-state index in [9.17, 15) is 14.7 Å². The lowest BCUT2D eigenvalue weighted by molar-refractivity contribution is -0.135. The van der Waals surface area contributed by atoms with Gasteiger partial charge < -0.3 is 24.1 Å². The summed E-state index contributed by atoms with van der Waals surface area (Å²) in [6.07, 6.45) is -4.88. The highest BCUT2D eigenvalue weighted by molar-refractivity contribution is 5.92. The van der Waals surface area contributed by atoms with Gasteiger partial charge in [0.2, 0.25) is 5.90 Å². The second-order valence-electron chi connectivity index (χ2n) is 7.54. The number of hydrogen-bond donors (Lipinski definition) is 2. The molecule has 1 heterocycles. The standard InChI is InChI=1S/C26H23NO7/c27-23(17-10-4-1-5-11-17)33-21-20(16-31-24(28)18-12-6-2-7-13-18)32-26(30)22(21)34-25(29)19-14-8-3-9-15-19/h1-15,20-22,26-27,30H,16H2/t20-,21+,22+,26?/m0/s1. The number of aliphatic hydroxyl groups is 1. The van der Waals surface area contributed by atoms with E-state index in [1.54, 1.807) is 91.0 Å². The van der Waals surface area contributed by atoms with E-state index in [0.717, 1.165) is 0 Å². The summed E-state index contributed by atoms with van der Waals surface area (Å²) in [6.45, 7) is -0.281. The van der Waals surface area contributed by atoms with Crippen LogP contribution < -0.4 is 0 Å². The van der Waals surface area contributed by atoms with Crippen molar-refractivity contribution in [3.05, 3.63) is 108 Å². The number of hydrogen-bond acceptors (Lipinski definition) is 8. The molecule has 0 aliphatic carbocycles. The number of esters is 2. The van der Waals surface area contributed by atoms with Crippen molar-refractivity contribution < 1.29 is 33.6 Å². The van der Waals surface area contributed by atoms with Gasteiger partial charge in [-0.3, -0.25) is 5.41 Å². The van der Waals surface area contributed by atoms with E-state index < -0.39 is 36.5 Å². The van der Waals surface area contributed by atoms with Gasteiger partial charge in [-0.05, 0) is 36.4 Å². The molecule has 0 radical (unpaired) electrons. The second kappa shape index (κ2) is 10.7. The van der Waals surface area contributed by atoms with Crippen LogP contribution in [0.25, 0.3) is 0 Å². The van der Waals surface area contributed by atoms with Gasteiger partial charge in [0.25, 0.3) is 0 Å². The number of carbonyl (C=O) groups is 2. The van der Waals surface area contributed by atoms with E-state index >= 15 is 0 Å². The predicted octanol–water partition coefficient (Wildman–Crippen LogP) is 3.20. The summed E-state index contributed by atoms with van der Waals surface area (Å²) in [5.41, 5.74) is 1.12. The van der Waals surface area contributed by atoms with E-state index in [4.69, 9.17) is 24.4 Å². The summed E-state index contributed by atoms with van der Waals surface area (Å²) in [5.74, 6) is -1.47. The maximum Gasteiger partial charge on any atom is 0.338 e. The molecule has 1 unspecified atom stereocenters. The first-order valence-electron chi connectivity index (χ1n) is 10.7. The maximum atomic E-state index is 12.6. The normalized spacial score (nSPS) is 21.4. The topological polar surface area (TPSA) is 115 Å². The number of nitrogens with one attached hydrogen (secondary N) is 1. The van der Waals surface area contributed by atoms with Crippen molar-refractivity contribution in [2.75, 3.05) is 6.61 Å². The van der Waals surface area contributed by atoms with Crippen LogP contribution in [0.5, 0.6) is 0 Å². The highest BCUT2D eigenvalue weighted by atomic mass is 16.7. The van der Waals surface area contributed by atoms with Crippen LogP contribution in [-0.2, 0) is 18.9 Å². The first-order valence-corrected chi connectivity index (χ1v) is 10.7. The van der Waals surface area contributed by atoms with Crippen molar-refractivity contribution in [1.29, 1.82) is 5.41 Å². The first kappa shape index (κ1) is 23.2. The fraction of sp³-hybridized carbons (Fsp3) is 0.192. The molecule has 0 bridgehead atoms. The number of aliphatic hydroxyl groups excluding tert-OH is 1. The summed E-state index contributed by atoms with van der Waals surface area (Å²) < 4.78 is 22.2. The largest absolute Gasteiger partial charge is 0.467 e. The van der Waals surface area contributed by atoms with Gasteiger partial charge in [0.15, 0.2) is 18.5 Å². The van der Waals surface area contributed by atoms with Crippen molar-refractivity contribution in [2.24, 2.45) is 0 Å². The van der Waals surface area contributed by atoms with Crippen LogP contribution in [0.15, 0.2) is 91.0 Å². The van der Waals surface area contributed by atoms with Gasteiger partial charge in [0.05, 0.1) is 11.1 Å². The summed E-state index contributed by atoms with van der Waals surface area (Å²) >= 11 is 0. The van der Waals surface area contributed by atoms with Crippen molar-refractivity contribution in [3.63, 3.8) is 0 Å². The van der Waals surface area contributed by atoms with Crippen LogP contribution >= 0.6 is 0 Å². The lowest BCUT2D eigenvalue weighted by Gasteiger charge is -2.24. The number of rotatable bonds is 7. The van der Waals surface area contributed by atoms with Crippen LogP contribution in [0.2, 0.25) is 0 Å². The summed E-state index contributed by atoms with van der Waals surface area (Å²) in [6, 6.07) is 25.3. The fourth-order valence-corrected chi connectivity index (χ4v) is 3.49. The number of carbonyl (C=O) groups excluding carboxylic acids is 2. The first-order chi connectivity index (χ1) is 16.5. The molecule has 3 aromatic carbocycles. The molecule has 4 rings (SSSR count). The molecular weight excluding hydrogens is 438 g/mol. The molecule has 3 aromatic rings. The Bertz CT molecular complexity index is 1120. The molecule has 34 heavy (non-hydrogen) atoms. The summed E-state index contributed by atoms with van der Waals surface area (Å²) in [5, 5.41) is 18.8. The van der Waals surface area contributed by atoms with Gasteiger partial charge >= 0.3 is 11.9 Å². The minimum Gasteiger partial charge on any atom is -0.467 e. The molecule has 174 valence electrons. The van der Waals surface area contributed by atoms with E-state index in [0.29, 0.717) is 11.1 Å². The van der Waals surface area contributed by atoms with Gasteiger partial charge in [-0.2, -0.15) is 0 Å². The molecule has 8 nitrogen and oxygen atoms in total. The van der Waals surface area contributed by atoms with E-state index in [1.165, 1.54) is 0 Å². The van der Waals surface area contributed by atoms with E-state index in [1.807, 2.05) is 0 Å². The molecule has 4 atom stereocenters. The average molecular weight is 461 g/mol. The third kappa shape index (κ3) is 5.48. The van der Waals surface area contributed by atoms with Crippen molar-refractivity contribution in [3.8, 4) is 0 Å². The minimum absolute atomic E-state index is 0.205. The zero-order valence-corrected chi connectivity index (χ0v) is 18.1. The average Bonchev–Trinajstić information content (AvgIpc) is 3.17. The van der Waals surface area contributed by atoms with Crippen LogP contribution in [0.1, 0.15) is 26.3 Å². The van der Waals surface area contributed by atoms with Gasteiger partial charge in [0.1, 0.15) is 12.7 Å². The second-order valence-corrected chi connectivity index (χ2v) is 7.54. The van der Waals surface area contributed by atoms with Gasteiger partial charge in [-0.25, -0.2) is 9.59 Å². The van der Waals surface area contributed by atoms with E-state index in [-0.39, 0.29) is 18.1 Å². The molecule has 0 amide bonds. The third-order valence-corrected chi connectivity index (χ3v) is 5.22. The SMILES string of the molecule is N=C(O[C@@H]1[C@H](COC(=O)c2ccccc2)OC(O)[C@@H]1OC(=O)c1ccccc1)c1ccccc1. The van der Waals surface area contributed by atoms with Crippen LogP contribution in [-0.4, -0.2) is 54.2 Å². The molecular formula is C26H23NO7. The van der Waals surface area contributed by atoms with E-state index in [2.05, 4.69) is 0 Å². The molecule has 0 saturated carbocycles. The molecule has 8 heteroatoms. The third-order valence-electron chi connectivity index (χ3n) is 5.22. The summed E-state index contributed by atoms with van der Waals surface area (Å²) in [4.78, 5) is 25.0. The zero-order valence-electron chi connectivity index (χ0n) is 18.1. The smallest absolute Gasteiger partial charge is 0.338 e. The van der Waals surface area contributed by atoms with Crippen LogP contribution in [0, 0.1) is 5.41 Å². The molecule has 0 spiro atoms. The highest BCUT2D eigenvalue weighted by Crippen LogP contribution is 2.28. The predicted molar refractivity (Wildman–Crippen MR) is 121 cm³/mol. The van der Waals surface area contributed by atoms with Gasteiger partial charge in [-0.1, -0.05) is 54.6 Å². The molecule has 1 aliphatic rings. The zero-order chi connectivity index (χ0) is 23.9. The minimum atomic E-state index is -1.54. The molecule has 1 saturated heterocycles. The lowest BCUT2D eigenvalue weighted by Crippen LogP contribution is -2.42. The maximum absolute atomic E-state index is 12.6. The van der Waals surface area contributed by atoms with Gasteiger partial charge in [0, 0.05) is 5.56 Å². The summed E-state index contributed by atoms with van der Waals surface area (Å²) in [7, 11) is 0. The molecule has 1 aliphatic heterocycles. The molecule has 2 N–H and O–H groups in total. The number of benzene rings is 3. The Morgan fingerprint density at radius 3 is 1.79 bits per heavy atom. The highest BCUT2D eigenvalue weighted by Gasteiger charge is 2.49. The van der Waals surface area contributed by atoms with Crippen LogP contribution in [0.3, 0.4) is 0 Å².